The van der Waals surface area contributed by atoms with Crippen LogP contribution in [0.15, 0.2) is 48.5 Å². The predicted molar refractivity (Wildman–Crippen MR) is 113 cm³/mol. The molecule has 0 bridgehead atoms. The number of carbonyl (C=O) groups is 2. The average molecular weight is 383 g/mol. The zero-order valence-corrected chi connectivity index (χ0v) is 17.2. The van der Waals surface area contributed by atoms with E-state index in [4.69, 9.17) is 4.74 Å². The van der Waals surface area contributed by atoms with Crippen LogP contribution >= 0.6 is 0 Å². The monoisotopic (exact) mass is 382 g/mol. The number of ether oxygens (including phenoxy) is 1. The first-order valence-electron chi connectivity index (χ1n) is 9.77. The minimum absolute atomic E-state index is 0.0945. The van der Waals surface area contributed by atoms with Gasteiger partial charge < -0.3 is 15.4 Å². The van der Waals surface area contributed by atoms with E-state index in [0.29, 0.717) is 23.5 Å². The zero-order valence-electron chi connectivity index (χ0n) is 17.2. The van der Waals surface area contributed by atoms with E-state index in [2.05, 4.69) is 31.4 Å². The van der Waals surface area contributed by atoms with Crippen LogP contribution in [0.5, 0.6) is 5.75 Å². The maximum atomic E-state index is 12.2. The Morgan fingerprint density at radius 2 is 1.75 bits per heavy atom. The third-order valence-electron chi connectivity index (χ3n) is 4.83. The summed E-state index contributed by atoms with van der Waals surface area (Å²) in [5, 5.41) is 5.58. The van der Waals surface area contributed by atoms with Crippen molar-refractivity contribution in [1.29, 1.82) is 0 Å². The quantitative estimate of drug-likeness (QED) is 0.669. The fraction of sp³-hybridized carbons (Fsp3) is 0.391. The van der Waals surface area contributed by atoms with Crippen molar-refractivity contribution in [1.82, 2.24) is 5.32 Å². The van der Waals surface area contributed by atoms with E-state index in [1.54, 1.807) is 24.3 Å². The molecule has 0 aromatic heterocycles. The second-order valence-corrected chi connectivity index (χ2v) is 7.44. The van der Waals surface area contributed by atoms with Crippen molar-refractivity contribution in [3.8, 4) is 5.75 Å². The van der Waals surface area contributed by atoms with E-state index in [9.17, 15) is 9.59 Å². The largest absolute Gasteiger partial charge is 0.484 e. The molecule has 2 rings (SSSR count). The van der Waals surface area contributed by atoms with Crippen molar-refractivity contribution < 1.29 is 14.3 Å². The van der Waals surface area contributed by atoms with E-state index in [0.717, 1.165) is 12.8 Å². The molecule has 0 heterocycles. The summed E-state index contributed by atoms with van der Waals surface area (Å²) in [6.07, 6.45) is 1.92. The Kier molecular flexibility index (Phi) is 7.61. The molecule has 0 spiro atoms. The minimum atomic E-state index is -0.274. The minimum Gasteiger partial charge on any atom is -0.484 e. The molecule has 0 saturated carbocycles. The van der Waals surface area contributed by atoms with Crippen LogP contribution in [0.25, 0.3) is 0 Å². The van der Waals surface area contributed by atoms with Crippen LogP contribution in [-0.2, 0) is 10.2 Å². The van der Waals surface area contributed by atoms with Crippen LogP contribution < -0.4 is 15.4 Å². The lowest BCUT2D eigenvalue weighted by atomic mass is 9.82. The fourth-order valence-electron chi connectivity index (χ4n) is 2.63. The second kappa shape index (κ2) is 9.93. The van der Waals surface area contributed by atoms with Gasteiger partial charge >= 0.3 is 0 Å². The van der Waals surface area contributed by atoms with E-state index in [1.165, 1.54) is 5.56 Å². The highest BCUT2D eigenvalue weighted by atomic mass is 16.5. The van der Waals surface area contributed by atoms with Gasteiger partial charge in [0.2, 0.25) is 0 Å². The molecule has 0 aliphatic heterocycles. The third-order valence-corrected chi connectivity index (χ3v) is 4.83. The molecule has 0 aliphatic carbocycles. The number of benzene rings is 2. The molecule has 0 unspecified atom stereocenters. The van der Waals surface area contributed by atoms with Crippen molar-refractivity contribution in [3.63, 3.8) is 0 Å². The van der Waals surface area contributed by atoms with Crippen molar-refractivity contribution in [3.05, 3.63) is 59.7 Å². The molecule has 2 aromatic rings. The zero-order chi connectivity index (χ0) is 20.6. The van der Waals surface area contributed by atoms with Crippen molar-refractivity contribution in [2.75, 3.05) is 18.5 Å². The predicted octanol–water partition coefficient (Wildman–Crippen LogP) is 4.53. The molecule has 0 saturated heterocycles. The summed E-state index contributed by atoms with van der Waals surface area (Å²) in [4.78, 5) is 24.2. The number of nitrogens with one attached hydrogen (secondary N) is 2. The topological polar surface area (TPSA) is 67.4 Å². The van der Waals surface area contributed by atoms with Gasteiger partial charge in [-0.3, -0.25) is 9.59 Å². The Morgan fingerprint density at radius 1 is 1.04 bits per heavy atom. The number of hydrogen-bond donors (Lipinski definition) is 2. The lowest BCUT2D eigenvalue weighted by molar-refractivity contribution is -0.118. The van der Waals surface area contributed by atoms with Gasteiger partial charge in [0, 0.05) is 17.8 Å². The van der Waals surface area contributed by atoms with Gasteiger partial charge in [-0.2, -0.15) is 0 Å². The molecule has 28 heavy (non-hydrogen) atoms. The molecule has 5 nitrogen and oxygen atoms in total. The summed E-state index contributed by atoms with van der Waals surface area (Å²) >= 11 is 0. The summed E-state index contributed by atoms with van der Waals surface area (Å²) in [5.74, 6) is 0.229. The summed E-state index contributed by atoms with van der Waals surface area (Å²) in [5.41, 5.74) is 2.44. The van der Waals surface area contributed by atoms with E-state index in [-0.39, 0.29) is 23.8 Å². The molecule has 2 N–H and O–H groups in total. The van der Waals surface area contributed by atoms with E-state index in [1.807, 2.05) is 31.2 Å². The highest BCUT2D eigenvalue weighted by molar-refractivity contribution is 5.97. The van der Waals surface area contributed by atoms with Crippen LogP contribution in [0.2, 0.25) is 0 Å². The molecule has 2 aromatic carbocycles. The summed E-state index contributed by atoms with van der Waals surface area (Å²) in [7, 11) is 0. The van der Waals surface area contributed by atoms with Gasteiger partial charge in [0.1, 0.15) is 5.75 Å². The van der Waals surface area contributed by atoms with Gasteiger partial charge in [0.25, 0.3) is 11.8 Å². The molecule has 0 fully saturated rings. The normalized spacial score (nSPS) is 11.0. The van der Waals surface area contributed by atoms with Gasteiger partial charge in [0.15, 0.2) is 6.61 Å². The summed E-state index contributed by atoms with van der Waals surface area (Å²) in [6.45, 7) is 9.09. The highest BCUT2D eigenvalue weighted by Crippen LogP contribution is 2.28. The highest BCUT2D eigenvalue weighted by Gasteiger charge is 2.17. The van der Waals surface area contributed by atoms with Crippen molar-refractivity contribution in [2.24, 2.45) is 0 Å². The molecule has 0 radical (unpaired) electrons. The van der Waals surface area contributed by atoms with Crippen LogP contribution in [-0.4, -0.2) is 25.0 Å². The first-order valence-corrected chi connectivity index (χ1v) is 9.77. The molecular formula is C23H30N2O3. The van der Waals surface area contributed by atoms with Gasteiger partial charge in [-0.25, -0.2) is 0 Å². The molecule has 0 aliphatic rings. The van der Waals surface area contributed by atoms with Gasteiger partial charge in [-0.1, -0.05) is 45.9 Å². The SMILES string of the molecule is CCCNC(=O)c1cccc(NC(=O)COc2ccc(C(C)(C)CC)cc2)c1. The Hall–Kier alpha value is -2.82. The first-order chi connectivity index (χ1) is 13.4. The second-order valence-electron chi connectivity index (χ2n) is 7.44. The number of hydrogen-bond acceptors (Lipinski definition) is 3. The Labute approximate surface area is 167 Å². The smallest absolute Gasteiger partial charge is 0.262 e. The summed E-state index contributed by atoms with van der Waals surface area (Å²) < 4.78 is 5.58. The number of anilines is 1. The number of rotatable bonds is 9. The van der Waals surface area contributed by atoms with Crippen LogP contribution in [0.4, 0.5) is 5.69 Å². The Morgan fingerprint density at radius 3 is 2.39 bits per heavy atom. The van der Waals surface area contributed by atoms with Gasteiger partial charge in [0.05, 0.1) is 0 Å². The maximum Gasteiger partial charge on any atom is 0.262 e. The lowest BCUT2D eigenvalue weighted by Gasteiger charge is -2.23. The van der Waals surface area contributed by atoms with Crippen LogP contribution in [0, 0.1) is 0 Å². The third kappa shape index (κ3) is 6.12. The number of carbonyl (C=O) groups excluding carboxylic acids is 2. The Bertz CT molecular complexity index is 798. The molecular weight excluding hydrogens is 352 g/mol. The van der Waals surface area contributed by atoms with Gasteiger partial charge in [-0.15, -0.1) is 0 Å². The summed E-state index contributed by atoms with van der Waals surface area (Å²) in [6, 6.07) is 14.7. The number of amides is 2. The van der Waals surface area contributed by atoms with E-state index >= 15 is 0 Å². The molecule has 5 heteroatoms. The van der Waals surface area contributed by atoms with Crippen molar-refractivity contribution in [2.45, 2.75) is 46.0 Å². The lowest BCUT2D eigenvalue weighted by Crippen LogP contribution is -2.24. The van der Waals surface area contributed by atoms with E-state index < -0.39 is 0 Å². The molecule has 150 valence electrons. The maximum absolute atomic E-state index is 12.2. The van der Waals surface area contributed by atoms with Crippen molar-refractivity contribution >= 4 is 17.5 Å². The standard InChI is InChI=1S/C23H30N2O3/c1-5-14-24-22(27)17-8-7-9-19(15-17)25-21(26)16-28-20-12-10-18(11-13-20)23(3,4)6-2/h7-13,15H,5-6,14,16H2,1-4H3,(H,24,27)(H,25,26). The Balaban J connectivity index is 1.90. The molecule has 0 atom stereocenters. The fourth-order valence-corrected chi connectivity index (χ4v) is 2.63. The van der Waals surface area contributed by atoms with Crippen LogP contribution in [0.3, 0.4) is 0 Å². The first kappa shape index (κ1) is 21.5. The average Bonchev–Trinajstić information content (AvgIpc) is 2.71. The van der Waals surface area contributed by atoms with Gasteiger partial charge in [-0.05, 0) is 54.2 Å². The van der Waals surface area contributed by atoms with Crippen LogP contribution in [0.1, 0.15) is 56.5 Å². The molecule has 2 amide bonds.